The quantitative estimate of drug-likeness (QED) is 0.343. The lowest BCUT2D eigenvalue weighted by molar-refractivity contribution is -0.0670. The molecule has 14 heteroatoms. The summed E-state index contributed by atoms with van der Waals surface area (Å²) in [5.41, 5.74) is 0.567. The van der Waals surface area contributed by atoms with Gasteiger partial charge in [0.1, 0.15) is 16.7 Å². The summed E-state index contributed by atoms with van der Waals surface area (Å²) in [5.74, 6) is -0.410. The molecule has 0 radical (unpaired) electrons. The highest BCUT2D eigenvalue weighted by Crippen LogP contribution is 2.33. The topological polar surface area (TPSA) is 136 Å². The lowest BCUT2D eigenvalue weighted by atomic mass is 10.1. The van der Waals surface area contributed by atoms with Crippen LogP contribution in [0.4, 0.5) is 15.6 Å². The molecule has 4 atom stereocenters. The number of oxazole rings is 1. The molecule has 254 valence electrons. The minimum absolute atomic E-state index is 0.142. The maximum absolute atomic E-state index is 12.8. The Morgan fingerprint density at radius 3 is 1.98 bits per heavy atom. The summed E-state index contributed by atoms with van der Waals surface area (Å²) in [5, 5.41) is 3.35. The molecule has 4 aliphatic rings. The first-order valence-electron chi connectivity index (χ1n) is 16.0. The molecule has 2 amide bonds. The van der Waals surface area contributed by atoms with Gasteiger partial charge in [0.25, 0.3) is 6.01 Å². The van der Waals surface area contributed by atoms with Crippen LogP contribution in [-0.2, 0) is 18.9 Å². The number of carbonyl (C=O) groups is 3. The largest absolute Gasteiger partial charge is 0.462 e. The van der Waals surface area contributed by atoms with E-state index in [1.807, 2.05) is 51.3 Å². The molecule has 13 nitrogen and oxygen atoms in total. The SMILES string of the molecule is CC(C)(C)OC(=O)N1C2CCC1CNC2.CCOC(=O)c1cc(Br)c2oc(N3CC4COCC(C3)N4C(=O)OC(C)(C)C)nc2c1. The van der Waals surface area contributed by atoms with Gasteiger partial charge in [-0.2, -0.15) is 4.98 Å². The van der Waals surface area contributed by atoms with Gasteiger partial charge in [0.2, 0.25) is 0 Å². The molecule has 5 heterocycles. The molecule has 0 spiro atoms. The predicted octanol–water partition coefficient (Wildman–Crippen LogP) is 4.95. The Hall–Kier alpha value is -3.10. The van der Waals surface area contributed by atoms with Crippen molar-refractivity contribution in [2.75, 3.05) is 50.9 Å². The molecule has 4 bridgehead atoms. The molecule has 4 fully saturated rings. The van der Waals surface area contributed by atoms with Crippen LogP contribution >= 0.6 is 15.9 Å². The predicted molar refractivity (Wildman–Crippen MR) is 174 cm³/mol. The number of halogens is 1. The van der Waals surface area contributed by atoms with Gasteiger partial charge < -0.3 is 33.6 Å². The summed E-state index contributed by atoms with van der Waals surface area (Å²) in [6, 6.07) is 4.12. The third-order valence-electron chi connectivity index (χ3n) is 8.07. The maximum Gasteiger partial charge on any atom is 0.411 e. The third-order valence-corrected chi connectivity index (χ3v) is 8.66. The van der Waals surface area contributed by atoms with Crippen molar-refractivity contribution >= 4 is 51.2 Å². The Morgan fingerprint density at radius 2 is 1.46 bits per heavy atom. The number of hydrogen-bond acceptors (Lipinski definition) is 11. The van der Waals surface area contributed by atoms with Gasteiger partial charge in [-0.1, -0.05) is 0 Å². The first-order chi connectivity index (χ1) is 21.6. The molecule has 2 aromatic rings. The first-order valence-corrected chi connectivity index (χ1v) is 16.8. The van der Waals surface area contributed by atoms with E-state index in [1.165, 1.54) is 0 Å². The number of aromatic nitrogens is 1. The first kappa shape index (κ1) is 34.2. The smallest absolute Gasteiger partial charge is 0.411 e. The van der Waals surface area contributed by atoms with Gasteiger partial charge in [-0.25, -0.2) is 14.4 Å². The van der Waals surface area contributed by atoms with Crippen molar-refractivity contribution in [1.29, 1.82) is 0 Å². The Balaban J connectivity index is 0.000000232. The summed E-state index contributed by atoms with van der Waals surface area (Å²) < 4.78 is 28.4. The number of morpholine rings is 1. The van der Waals surface area contributed by atoms with E-state index in [9.17, 15) is 14.4 Å². The molecule has 1 aromatic carbocycles. The Labute approximate surface area is 278 Å². The van der Waals surface area contributed by atoms with Gasteiger partial charge in [-0.3, -0.25) is 9.80 Å². The molecule has 4 unspecified atom stereocenters. The highest BCUT2D eigenvalue weighted by molar-refractivity contribution is 9.10. The number of nitrogens with zero attached hydrogens (tertiary/aromatic N) is 4. The molecule has 4 aliphatic heterocycles. The highest BCUT2D eigenvalue weighted by Gasteiger charge is 2.44. The van der Waals surface area contributed by atoms with E-state index >= 15 is 0 Å². The summed E-state index contributed by atoms with van der Waals surface area (Å²) in [4.78, 5) is 47.1. The van der Waals surface area contributed by atoms with Gasteiger partial charge in [0.05, 0.1) is 41.9 Å². The number of anilines is 1. The molecular formula is C32H46BrN5O8. The Kier molecular flexibility index (Phi) is 10.1. The molecule has 1 N–H and O–H groups in total. The lowest BCUT2D eigenvalue weighted by Gasteiger charge is -2.48. The van der Waals surface area contributed by atoms with Crippen molar-refractivity contribution in [3.05, 3.63) is 22.2 Å². The van der Waals surface area contributed by atoms with Gasteiger partial charge in [0, 0.05) is 38.3 Å². The molecule has 6 rings (SSSR count). The van der Waals surface area contributed by atoms with Crippen LogP contribution in [0.5, 0.6) is 0 Å². The summed E-state index contributed by atoms with van der Waals surface area (Å²) >= 11 is 3.46. The maximum atomic E-state index is 12.8. The number of nitrogens with one attached hydrogen (secondary N) is 1. The average molecular weight is 709 g/mol. The molecule has 0 saturated carbocycles. The van der Waals surface area contributed by atoms with Crippen LogP contribution in [0.2, 0.25) is 0 Å². The number of benzene rings is 1. The van der Waals surface area contributed by atoms with Gasteiger partial charge in [-0.05, 0) is 89.4 Å². The van der Waals surface area contributed by atoms with Crippen LogP contribution in [0.3, 0.4) is 0 Å². The van der Waals surface area contributed by atoms with Crippen molar-refractivity contribution in [2.45, 2.75) is 96.7 Å². The van der Waals surface area contributed by atoms with E-state index in [0.29, 0.717) is 72.1 Å². The number of hydrogen-bond donors (Lipinski definition) is 1. The third kappa shape index (κ3) is 7.88. The highest BCUT2D eigenvalue weighted by atomic mass is 79.9. The molecular weight excluding hydrogens is 662 g/mol. The van der Waals surface area contributed by atoms with E-state index in [-0.39, 0.29) is 29.9 Å². The minimum Gasteiger partial charge on any atom is -0.462 e. The molecule has 46 heavy (non-hydrogen) atoms. The van der Waals surface area contributed by atoms with Crippen LogP contribution in [0.1, 0.15) is 71.7 Å². The average Bonchev–Trinajstić information content (AvgIpc) is 3.49. The van der Waals surface area contributed by atoms with Crippen LogP contribution < -0.4 is 10.2 Å². The van der Waals surface area contributed by atoms with Crippen molar-refractivity contribution in [2.24, 2.45) is 0 Å². The normalized spacial score (nSPS) is 24.3. The van der Waals surface area contributed by atoms with E-state index in [4.69, 9.17) is 23.4 Å². The number of piperazine rings is 2. The van der Waals surface area contributed by atoms with Crippen molar-refractivity contribution in [1.82, 2.24) is 20.1 Å². The second-order valence-electron chi connectivity index (χ2n) is 14.1. The summed E-state index contributed by atoms with van der Waals surface area (Å²) in [6.45, 7) is 17.0. The molecule has 4 saturated heterocycles. The minimum atomic E-state index is -0.563. The zero-order valence-corrected chi connectivity index (χ0v) is 29.3. The Bertz CT molecular complexity index is 1410. The molecule has 1 aromatic heterocycles. The standard InChI is InChI=1S/C21H26BrN3O6.C11H20N2O2/c1-5-29-18(26)12-6-15(22)17-16(7-12)23-19(30-17)24-8-13-10-28-11-14(9-24)25(13)20(27)31-21(2,3)4;1-11(2,3)15-10(14)13-8-4-5-9(13)7-12-6-8/h6-7,13-14H,5,8-11H2,1-4H3;8-9,12H,4-7H2,1-3H3. The van der Waals surface area contributed by atoms with Crippen LogP contribution in [0.15, 0.2) is 21.0 Å². The fraction of sp³-hybridized carbons (Fsp3) is 0.688. The van der Waals surface area contributed by atoms with E-state index in [1.54, 1.807) is 24.0 Å². The number of ether oxygens (including phenoxy) is 4. The van der Waals surface area contributed by atoms with E-state index < -0.39 is 11.6 Å². The summed E-state index contributed by atoms with van der Waals surface area (Å²) in [7, 11) is 0. The summed E-state index contributed by atoms with van der Waals surface area (Å²) in [6.07, 6.45) is 1.75. The van der Waals surface area contributed by atoms with Crippen LogP contribution in [-0.4, -0.2) is 114 Å². The van der Waals surface area contributed by atoms with Gasteiger partial charge >= 0.3 is 18.2 Å². The second kappa shape index (κ2) is 13.6. The van der Waals surface area contributed by atoms with Gasteiger partial charge in [0.15, 0.2) is 5.58 Å². The number of rotatable bonds is 3. The number of carbonyl (C=O) groups excluding carboxylic acids is 3. The van der Waals surface area contributed by atoms with Crippen molar-refractivity contribution < 1.29 is 37.7 Å². The fourth-order valence-corrected chi connectivity index (χ4v) is 6.80. The van der Waals surface area contributed by atoms with Crippen LogP contribution in [0, 0.1) is 0 Å². The molecule has 0 aliphatic carbocycles. The zero-order chi connectivity index (χ0) is 33.4. The van der Waals surface area contributed by atoms with Crippen molar-refractivity contribution in [3.63, 3.8) is 0 Å². The lowest BCUT2D eigenvalue weighted by Crippen LogP contribution is -2.66. The van der Waals surface area contributed by atoms with E-state index in [2.05, 4.69) is 26.2 Å². The number of esters is 1. The monoisotopic (exact) mass is 707 g/mol. The van der Waals surface area contributed by atoms with Crippen molar-refractivity contribution in [3.8, 4) is 0 Å². The van der Waals surface area contributed by atoms with Crippen LogP contribution in [0.25, 0.3) is 11.1 Å². The fourth-order valence-electron chi connectivity index (χ4n) is 6.27. The number of fused-ring (bicyclic) bond motifs is 5. The van der Waals surface area contributed by atoms with E-state index in [0.717, 1.165) is 25.9 Å². The zero-order valence-electron chi connectivity index (χ0n) is 27.8. The van der Waals surface area contributed by atoms with Gasteiger partial charge in [-0.15, -0.1) is 0 Å². The Morgan fingerprint density at radius 1 is 0.913 bits per heavy atom. The second-order valence-corrected chi connectivity index (χ2v) is 14.9. The number of amides is 2.